The lowest BCUT2D eigenvalue weighted by molar-refractivity contribution is -0.199. The number of carbonyl (C=O) groups is 2. The first kappa shape index (κ1) is 18.0. The Balaban J connectivity index is 1.41. The van der Waals surface area contributed by atoms with Crippen LogP contribution in [-0.2, 0) is 14.3 Å². The van der Waals surface area contributed by atoms with Crippen molar-refractivity contribution in [2.45, 2.75) is 57.2 Å². The lowest BCUT2D eigenvalue weighted by atomic mass is 9.48. The fraction of sp³-hybridized carbons (Fsp3) is 0.600. The van der Waals surface area contributed by atoms with Crippen LogP contribution in [0.2, 0.25) is 0 Å². The zero-order chi connectivity index (χ0) is 18.5. The molecule has 26 heavy (non-hydrogen) atoms. The zero-order valence-corrected chi connectivity index (χ0v) is 16.4. The first-order valence-electron chi connectivity index (χ1n) is 9.27. The topological polar surface area (TPSA) is 75.6 Å². The summed E-state index contributed by atoms with van der Waals surface area (Å²) in [6.45, 7) is 1.60. The Morgan fingerprint density at radius 1 is 1.19 bits per heavy atom. The standard InChI is InChI=1S/C20H24BrNO4/c1-12(17(23)22-16-4-2-15(21)3-5-16)26-18(24)19-7-13-6-14(8-19)10-20(25,9-13)11-19/h2-5,12-14,25H,6-11H2,1H3,(H,22,23)/t12-,13-,14+,19?,20?/m0/s1. The predicted octanol–water partition coefficient (Wildman–Crippen LogP) is 3.65. The number of halogens is 1. The highest BCUT2D eigenvalue weighted by Gasteiger charge is 2.61. The van der Waals surface area contributed by atoms with Gasteiger partial charge in [-0.3, -0.25) is 9.59 Å². The first-order valence-corrected chi connectivity index (χ1v) is 10.1. The molecule has 140 valence electrons. The van der Waals surface area contributed by atoms with Crippen LogP contribution in [0, 0.1) is 17.3 Å². The summed E-state index contributed by atoms with van der Waals surface area (Å²) in [5, 5.41) is 13.6. The van der Waals surface area contributed by atoms with Crippen LogP contribution in [0.15, 0.2) is 28.7 Å². The normalized spacial score (nSPS) is 35.8. The SMILES string of the molecule is C[C@H](OC(=O)C12C[C@@H]3C[C@@H](CC(O)(C3)C1)C2)C(=O)Nc1ccc(Br)cc1. The molecule has 4 saturated carbocycles. The predicted molar refractivity (Wildman–Crippen MR) is 100 cm³/mol. The second kappa shape index (κ2) is 6.34. The summed E-state index contributed by atoms with van der Waals surface area (Å²) in [6.07, 6.45) is 3.89. The van der Waals surface area contributed by atoms with Crippen molar-refractivity contribution in [3.8, 4) is 0 Å². The highest BCUT2D eigenvalue weighted by atomic mass is 79.9. The number of esters is 1. The lowest BCUT2D eigenvalue weighted by Gasteiger charge is -2.58. The van der Waals surface area contributed by atoms with Crippen LogP contribution in [0.4, 0.5) is 5.69 Å². The first-order chi connectivity index (χ1) is 12.3. The second-order valence-electron chi connectivity index (χ2n) is 8.51. The van der Waals surface area contributed by atoms with Gasteiger partial charge in [-0.2, -0.15) is 0 Å². The van der Waals surface area contributed by atoms with Crippen molar-refractivity contribution in [3.63, 3.8) is 0 Å². The summed E-state index contributed by atoms with van der Waals surface area (Å²) in [5.74, 6) is 0.147. The number of benzene rings is 1. The van der Waals surface area contributed by atoms with Crippen molar-refractivity contribution in [2.24, 2.45) is 17.3 Å². The van der Waals surface area contributed by atoms with E-state index in [4.69, 9.17) is 4.74 Å². The smallest absolute Gasteiger partial charge is 0.312 e. The van der Waals surface area contributed by atoms with Gasteiger partial charge in [0, 0.05) is 10.2 Å². The Labute approximate surface area is 161 Å². The van der Waals surface area contributed by atoms with Crippen LogP contribution < -0.4 is 5.32 Å². The zero-order valence-electron chi connectivity index (χ0n) is 14.8. The Morgan fingerprint density at radius 2 is 1.81 bits per heavy atom. The van der Waals surface area contributed by atoms with Gasteiger partial charge in [-0.1, -0.05) is 15.9 Å². The largest absolute Gasteiger partial charge is 0.452 e. The van der Waals surface area contributed by atoms with Crippen LogP contribution in [0.1, 0.15) is 45.4 Å². The third-order valence-electron chi connectivity index (χ3n) is 6.23. The third kappa shape index (κ3) is 3.29. The summed E-state index contributed by atoms with van der Waals surface area (Å²) in [6, 6.07) is 7.24. The van der Waals surface area contributed by atoms with E-state index in [-0.39, 0.29) is 11.9 Å². The van der Waals surface area contributed by atoms with Crippen LogP contribution in [-0.4, -0.2) is 28.7 Å². The Kier molecular flexibility index (Phi) is 4.39. The van der Waals surface area contributed by atoms with Gasteiger partial charge in [-0.15, -0.1) is 0 Å². The summed E-state index contributed by atoms with van der Waals surface area (Å²) in [4.78, 5) is 25.3. The number of amides is 1. The molecule has 6 heteroatoms. The summed E-state index contributed by atoms with van der Waals surface area (Å²) in [7, 11) is 0. The molecule has 2 N–H and O–H groups in total. The molecule has 1 amide bonds. The van der Waals surface area contributed by atoms with Crippen molar-refractivity contribution in [3.05, 3.63) is 28.7 Å². The number of rotatable bonds is 4. The van der Waals surface area contributed by atoms with Crippen LogP contribution in [0.25, 0.3) is 0 Å². The van der Waals surface area contributed by atoms with Crippen molar-refractivity contribution in [1.29, 1.82) is 0 Å². The maximum atomic E-state index is 12.9. The van der Waals surface area contributed by atoms with Crippen molar-refractivity contribution < 1.29 is 19.4 Å². The van der Waals surface area contributed by atoms with E-state index < -0.39 is 17.1 Å². The molecule has 1 aromatic rings. The molecule has 2 unspecified atom stereocenters. The molecule has 4 bridgehead atoms. The molecule has 4 aliphatic carbocycles. The second-order valence-corrected chi connectivity index (χ2v) is 9.43. The molecule has 0 aromatic heterocycles. The van der Waals surface area contributed by atoms with Crippen molar-refractivity contribution >= 4 is 33.5 Å². The van der Waals surface area contributed by atoms with Crippen LogP contribution in [0.3, 0.4) is 0 Å². The molecule has 1 aromatic carbocycles. The Bertz CT molecular complexity index is 718. The number of hydrogen-bond donors (Lipinski definition) is 2. The molecule has 0 saturated heterocycles. The van der Waals surface area contributed by atoms with E-state index in [1.807, 2.05) is 12.1 Å². The number of carbonyl (C=O) groups excluding carboxylic acids is 2. The molecule has 4 aliphatic rings. The molecule has 0 spiro atoms. The quantitative estimate of drug-likeness (QED) is 0.727. The van der Waals surface area contributed by atoms with Crippen LogP contribution in [0.5, 0.6) is 0 Å². The number of nitrogens with one attached hydrogen (secondary N) is 1. The molecular formula is C20H24BrNO4. The van der Waals surface area contributed by atoms with Gasteiger partial charge in [0.2, 0.25) is 0 Å². The minimum atomic E-state index is -0.867. The van der Waals surface area contributed by atoms with Crippen molar-refractivity contribution in [2.75, 3.05) is 5.32 Å². The fourth-order valence-corrected chi connectivity index (χ4v) is 5.83. The van der Waals surface area contributed by atoms with Gasteiger partial charge < -0.3 is 15.2 Å². The summed E-state index contributed by atoms with van der Waals surface area (Å²) < 4.78 is 6.49. The maximum absolute atomic E-state index is 12.9. The monoisotopic (exact) mass is 421 g/mol. The Hall–Kier alpha value is -1.40. The average Bonchev–Trinajstić information content (AvgIpc) is 2.54. The van der Waals surface area contributed by atoms with E-state index in [1.165, 1.54) is 0 Å². The van der Waals surface area contributed by atoms with Gasteiger partial charge in [0.15, 0.2) is 6.10 Å². The van der Waals surface area contributed by atoms with E-state index >= 15 is 0 Å². The van der Waals surface area contributed by atoms with E-state index in [0.717, 1.165) is 36.6 Å². The van der Waals surface area contributed by atoms with E-state index in [2.05, 4.69) is 21.2 Å². The minimum absolute atomic E-state index is 0.316. The molecule has 0 heterocycles. The number of anilines is 1. The minimum Gasteiger partial charge on any atom is -0.452 e. The van der Waals surface area contributed by atoms with Gasteiger partial charge in [0.05, 0.1) is 11.0 Å². The van der Waals surface area contributed by atoms with Gasteiger partial charge in [0.25, 0.3) is 5.91 Å². The number of ether oxygens (including phenoxy) is 1. The van der Waals surface area contributed by atoms with Gasteiger partial charge in [0.1, 0.15) is 0 Å². The third-order valence-corrected chi connectivity index (χ3v) is 6.76. The van der Waals surface area contributed by atoms with E-state index in [1.54, 1.807) is 19.1 Å². The molecule has 0 aliphatic heterocycles. The molecule has 4 fully saturated rings. The number of aliphatic hydroxyl groups is 1. The number of hydrogen-bond acceptors (Lipinski definition) is 4. The van der Waals surface area contributed by atoms with Crippen LogP contribution >= 0.6 is 15.9 Å². The fourth-order valence-electron chi connectivity index (χ4n) is 5.57. The molecule has 5 atom stereocenters. The Morgan fingerprint density at radius 3 is 2.38 bits per heavy atom. The highest BCUT2D eigenvalue weighted by Crippen LogP contribution is 2.62. The highest BCUT2D eigenvalue weighted by molar-refractivity contribution is 9.10. The average molecular weight is 422 g/mol. The summed E-state index contributed by atoms with van der Waals surface area (Å²) in [5.41, 5.74) is -0.665. The van der Waals surface area contributed by atoms with Gasteiger partial charge in [-0.25, -0.2) is 0 Å². The molecular weight excluding hydrogens is 398 g/mol. The van der Waals surface area contributed by atoms with E-state index in [9.17, 15) is 14.7 Å². The van der Waals surface area contributed by atoms with E-state index in [0.29, 0.717) is 23.9 Å². The molecule has 5 rings (SSSR count). The summed E-state index contributed by atoms with van der Waals surface area (Å²) >= 11 is 3.35. The van der Waals surface area contributed by atoms with Crippen molar-refractivity contribution in [1.82, 2.24) is 0 Å². The molecule has 5 nitrogen and oxygen atoms in total. The molecule has 0 radical (unpaired) electrons. The maximum Gasteiger partial charge on any atom is 0.312 e. The van der Waals surface area contributed by atoms with Gasteiger partial charge >= 0.3 is 5.97 Å². The lowest BCUT2D eigenvalue weighted by Crippen LogP contribution is -2.59. The van der Waals surface area contributed by atoms with Gasteiger partial charge in [-0.05, 0) is 81.5 Å².